The van der Waals surface area contributed by atoms with Crippen molar-refractivity contribution in [2.75, 3.05) is 12.8 Å². The third-order valence-corrected chi connectivity index (χ3v) is 6.04. The highest BCUT2D eigenvalue weighted by atomic mass is 35.5. The minimum absolute atomic E-state index is 0.0708. The maximum atomic E-state index is 12.8. The zero-order chi connectivity index (χ0) is 21.3. The van der Waals surface area contributed by atoms with Crippen molar-refractivity contribution in [2.24, 2.45) is 0 Å². The molecule has 1 fully saturated rings. The smallest absolute Gasteiger partial charge is 0.289 e. The Labute approximate surface area is 173 Å². The fraction of sp³-hybridized carbons (Fsp3) is 0.278. The largest absolute Gasteiger partial charge is 0.327 e. The first-order chi connectivity index (χ1) is 13.6. The van der Waals surface area contributed by atoms with Gasteiger partial charge in [0.05, 0.1) is 11.1 Å². The lowest BCUT2D eigenvalue weighted by molar-refractivity contribution is -0.129. The molecule has 29 heavy (non-hydrogen) atoms. The molecule has 1 unspecified atom stereocenters. The lowest BCUT2D eigenvalue weighted by atomic mass is 10.1. The number of halogens is 1. The number of amides is 1. The fourth-order valence-corrected chi connectivity index (χ4v) is 3.92. The number of carbonyl (C=O) groups excluding carboxylic acids is 1. The average Bonchev–Trinajstić information content (AvgIpc) is 2.68. The van der Waals surface area contributed by atoms with Crippen molar-refractivity contribution < 1.29 is 13.2 Å². The van der Waals surface area contributed by atoms with E-state index in [0.29, 0.717) is 5.56 Å². The van der Waals surface area contributed by atoms with E-state index in [-0.39, 0.29) is 46.4 Å². The van der Waals surface area contributed by atoms with Crippen LogP contribution in [0.5, 0.6) is 0 Å². The number of nitrogens with zero attached hydrogens (tertiary/aromatic N) is 4. The molecule has 1 aliphatic rings. The third-order valence-electron chi connectivity index (χ3n) is 4.58. The van der Waals surface area contributed by atoms with Gasteiger partial charge in [0.2, 0.25) is 0 Å². The third kappa shape index (κ3) is 4.28. The van der Waals surface area contributed by atoms with Crippen LogP contribution in [-0.4, -0.2) is 64.6 Å². The van der Waals surface area contributed by atoms with E-state index in [9.17, 15) is 13.2 Å². The lowest BCUT2D eigenvalue weighted by Crippen LogP contribution is -2.59. The molecule has 2 aromatic rings. The number of benzene rings is 1. The first-order valence-electron chi connectivity index (χ1n) is 8.60. The quantitative estimate of drug-likeness (QED) is 0.554. The Morgan fingerprint density at radius 3 is 2.66 bits per heavy atom. The highest BCUT2D eigenvalue weighted by Gasteiger charge is 2.37. The number of sulfone groups is 1. The van der Waals surface area contributed by atoms with Crippen molar-refractivity contribution in [3.63, 3.8) is 0 Å². The van der Waals surface area contributed by atoms with Gasteiger partial charge in [0.1, 0.15) is 5.69 Å². The minimum Gasteiger partial charge on any atom is -0.327 e. The summed E-state index contributed by atoms with van der Waals surface area (Å²) in [5, 5.41) is 16.7. The molecular weight excluding hydrogens is 416 g/mol. The van der Waals surface area contributed by atoms with Crippen molar-refractivity contribution in [1.82, 2.24) is 19.8 Å². The Morgan fingerprint density at radius 1 is 1.34 bits per heavy atom. The van der Waals surface area contributed by atoms with E-state index in [1.807, 2.05) is 0 Å². The van der Waals surface area contributed by atoms with Gasteiger partial charge in [-0.05, 0) is 24.6 Å². The number of aromatic nitrogens is 2. The van der Waals surface area contributed by atoms with Crippen LogP contribution in [0.1, 0.15) is 18.2 Å². The van der Waals surface area contributed by atoms with Gasteiger partial charge in [-0.1, -0.05) is 17.7 Å². The van der Waals surface area contributed by atoms with Crippen molar-refractivity contribution >= 4 is 39.0 Å². The van der Waals surface area contributed by atoms with Crippen LogP contribution in [0, 0.1) is 10.8 Å². The molecule has 0 saturated carbocycles. The summed E-state index contributed by atoms with van der Waals surface area (Å²) >= 11 is 6.23. The summed E-state index contributed by atoms with van der Waals surface area (Å²) in [6.07, 6.45) is 5.42. The van der Waals surface area contributed by atoms with Crippen molar-refractivity contribution in [3.05, 3.63) is 53.1 Å². The molecule has 1 aromatic heterocycles. The number of hydrogen-bond donors (Lipinski definition) is 2. The molecule has 11 heteroatoms. The number of hydrogen-bond acceptors (Lipinski definition) is 7. The molecular formula is C18H19ClN6O3S. The number of piperazine rings is 1. The molecule has 3 rings (SSSR count). The molecule has 152 valence electrons. The molecule has 2 N–H and O–H groups in total. The van der Waals surface area contributed by atoms with Crippen molar-refractivity contribution in [3.8, 4) is 0 Å². The van der Waals surface area contributed by atoms with Crippen LogP contribution in [0.3, 0.4) is 0 Å². The summed E-state index contributed by atoms with van der Waals surface area (Å²) in [6, 6.07) is 4.04. The highest BCUT2D eigenvalue weighted by molar-refractivity contribution is 7.90. The first-order valence-corrected chi connectivity index (χ1v) is 10.9. The Hall–Kier alpha value is -2.85. The van der Waals surface area contributed by atoms with E-state index in [1.54, 1.807) is 13.0 Å². The summed E-state index contributed by atoms with van der Waals surface area (Å²) in [7, 11) is -3.39. The predicted molar refractivity (Wildman–Crippen MR) is 108 cm³/mol. The van der Waals surface area contributed by atoms with Gasteiger partial charge in [-0.3, -0.25) is 20.6 Å². The van der Waals surface area contributed by atoms with Crippen molar-refractivity contribution in [2.45, 2.75) is 24.4 Å². The van der Waals surface area contributed by atoms with Gasteiger partial charge in [0.25, 0.3) is 5.91 Å². The molecule has 0 aliphatic carbocycles. The minimum atomic E-state index is -3.39. The maximum absolute atomic E-state index is 12.8. The molecule has 1 amide bonds. The molecule has 9 nitrogen and oxygen atoms in total. The van der Waals surface area contributed by atoms with Gasteiger partial charge in [-0.2, -0.15) is 0 Å². The van der Waals surface area contributed by atoms with Crippen LogP contribution < -0.4 is 0 Å². The maximum Gasteiger partial charge on any atom is 0.289 e. The Bertz CT molecular complexity index is 1090. The standard InChI is InChI=1S/C18H19ClN6O3S/c1-11-9-25(16(20)15-8-22-5-6-23-15)17(21)18(26)24(11)10-12-3-4-13(7-14(12)19)29(2,27)28/h3-8,11,20-21H,9-10H2,1-2H3. The van der Waals surface area contributed by atoms with E-state index in [1.165, 1.54) is 40.5 Å². The zero-order valence-corrected chi connectivity index (χ0v) is 17.3. The van der Waals surface area contributed by atoms with Gasteiger partial charge in [0, 0.05) is 42.8 Å². The van der Waals surface area contributed by atoms with Crippen LogP contribution in [-0.2, 0) is 21.2 Å². The van der Waals surface area contributed by atoms with Crippen LogP contribution in [0.4, 0.5) is 0 Å². The van der Waals surface area contributed by atoms with Crippen LogP contribution in [0.25, 0.3) is 0 Å². The fourth-order valence-electron chi connectivity index (χ4n) is 2.97. The Morgan fingerprint density at radius 2 is 2.07 bits per heavy atom. The van der Waals surface area contributed by atoms with Crippen LogP contribution >= 0.6 is 11.6 Å². The lowest BCUT2D eigenvalue weighted by Gasteiger charge is -2.40. The van der Waals surface area contributed by atoms with Gasteiger partial charge in [-0.25, -0.2) is 13.4 Å². The summed E-state index contributed by atoms with van der Waals surface area (Å²) < 4.78 is 23.3. The SMILES string of the molecule is CC1CN(C(=N)c2cnccn2)C(=N)C(=O)N1Cc1ccc(S(C)(=O)=O)cc1Cl. The second-order valence-electron chi connectivity index (χ2n) is 6.71. The normalized spacial score (nSPS) is 17.6. The summed E-state index contributed by atoms with van der Waals surface area (Å²) in [6.45, 7) is 2.16. The average molecular weight is 435 g/mol. The van der Waals surface area contributed by atoms with E-state index < -0.39 is 15.7 Å². The molecule has 0 bridgehead atoms. The van der Waals surface area contributed by atoms with Gasteiger partial charge in [-0.15, -0.1) is 0 Å². The highest BCUT2D eigenvalue weighted by Crippen LogP contribution is 2.25. The number of carbonyl (C=O) groups is 1. The molecule has 0 radical (unpaired) electrons. The Kier molecular flexibility index (Phi) is 5.67. The molecule has 1 aromatic carbocycles. The van der Waals surface area contributed by atoms with Gasteiger partial charge in [0.15, 0.2) is 21.5 Å². The first kappa shape index (κ1) is 20.9. The van der Waals surface area contributed by atoms with Gasteiger partial charge < -0.3 is 9.80 Å². The van der Waals surface area contributed by atoms with Gasteiger partial charge >= 0.3 is 0 Å². The van der Waals surface area contributed by atoms with Crippen LogP contribution in [0.15, 0.2) is 41.7 Å². The van der Waals surface area contributed by atoms with E-state index in [2.05, 4.69) is 9.97 Å². The van der Waals surface area contributed by atoms with E-state index >= 15 is 0 Å². The molecule has 1 saturated heterocycles. The number of nitrogens with one attached hydrogen (secondary N) is 2. The molecule has 1 aliphatic heterocycles. The summed E-state index contributed by atoms with van der Waals surface area (Å²) in [4.78, 5) is 23.6. The second-order valence-corrected chi connectivity index (χ2v) is 9.13. The summed E-state index contributed by atoms with van der Waals surface area (Å²) in [5.41, 5.74) is 0.842. The second kappa shape index (κ2) is 7.88. The Balaban J connectivity index is 1.81. The topological polar surface area (TPSA) is 131 Å². The molecule has 2 heterocycles. The number of amidine groups is 2. The molecule has 1 atom stereocenters. The zero-order valence-electron chi connectivity index (χ0n) is 15.8. The van der Waals surface area contributed by atoms with Crippen molar-refractivity contribution in [1.29, 1.82) is 10.8 Å². The summed E-state index contributed by atoms with van der Waals surface area (Å²) in [5.74, 6) is -0.971. The monoisotopic (exact) mass is 434 g/mol. The van der Waals surface area contributed by atoms with E-state index in [4.69, 9.17) is 22.4 Å². The molecule has 0 spiro atoms. The van der Waals surface area contributed by atoms with Crippen LogP contribution in [0.2, 0.25) is 5.02 Å². The predicted octanol–water partition coefficient (Wildman–Crippen LogP) is 1.57. The van der Waals surface area contributed by atoms with E-state index in [0.717, 1.165) is 6.26 Å². The number of rotatable bonds is 4.